The Labute approximate surface area is 239 Å². The van der Waals surface area contributed by atoms with E-state index in [1.54, 1.807) is 37.6 Å². The van der Waals surface area contributed by atoms with Gasteiger partial charge in [-0.2, -0.15) is 0 Å². The third-order valence-electron chi connectivity index (χ3n) is 7.73. The Kier molecular flexibility index (Phi) is 8.80. The van der Waals surface area contributed by atoms with E-state index in [0.717, 1.165) is 43.8 Å². The number of anilines is 1. The fraction of sp³-hybridized carbons (Fsp3) is 0.448. The van der Waals surface area contributed by atoms with Crippen LogP contribution in [0.1, 0.15) is 47.8 Å². The summed E-state index contributed by atoms with van der Waals surface area (Å²) in [6.45, 7) is 5.50. The van der Waals surface area contributed by atoms with E-state index < -0.39 is 5.91 Å². The Morgan fingerprint density at radius 1 is 1.20 bits per heavy atom. The molecule has 2 aliphatic rings. The van der Waals surface area contributed by atoms with Gasteiger partial charge in [0.15, 0.2) is 0 Å². The molecule has 2 saturated heterocycles. The minimum absolute atomic E-state index is 0.0283. The number of aromatic nitrogens is 3. The normalized spacial score (nSPS) is 20.4. The molecule has 10 nitrogen and oxygen atoms in total. The Hall–Kier alpha value is -3.31. The predicted molar refractivity (Wildman–Crippen MR) is 155 cm³/mol. The van der Waals surface area contributed by atoms with Gasteiger partial charge in [0.25, 0.3) is 5.91 Å². The zero-order chi connectivity index (χ0) is 28.2. The molecular formula is C29H36ClN7O3. The summed E-state index contributed by atoms with van der Waals surface area (Å²) in [5.41, 5.74) is 2.46. The second-order valence-electron chi connectivity index (χ2n) is 10.5. The van der Waals surface area contributed by atoms with Crippen molar-refractivity contribution in [2.75, 3.05) is 44.8 Å². The number of para-hydroxylation sites is 1. The number of nitrogens with zero attached hydrogens (tertiary/aromatic N) is 6. The lowest BCUT2D eigenvalue weighted by atomic mass is 10.1. The van der Waals surface area contributed by atoms with Crippen molar-refractivity contribution in [3.63, 3.8) is 0 Å². The minimum Gasteiger partial charge on any atom is -0.380 e. The molecule has 11 heteroatoms. The number of halogens is 1. The zero-order valence-corrected chi connectivity index (χ0v) is 23.8. The second-order valence-corrected chi connectivity index (χ2v) is 10.9. The number of fused-ring (bicyclic) bond motifs is 1. The summed E-state index contributed by atoms with van der Waals surface area (Å²) in [6.07, 6.45) is 9.05. The fourth-order valence-corrected chi connectivity index (χ4v) is 5.87. The van der Waals surface area contributed by atoms with E-state index >= 15 is 0 Å². The molecule has 2 N–H and O–H groups in total. The van der Waals surface area contributed by atoms with Crippen molar-refractivity contribution in [2.45, 2.75) is 44.8 Å². The lowest BCUT2D eigenvalue weighted by Crippen LogP contribution is -2.41. The Morgan fingerprint density at radius 3 is 2.83 bits per heavy atom. The maximum absolute atomic E-state index is 13.4. The lowest BCUT2D eigenvalue weighted by Gasteiger charge is -2.28. The molecule has 0 unspecified atom stereocenters. The number of carbonyl (C=O) groups excluding carboxylic acids is 2. The van der Waals surface area contributed by atoms with Crippen LogP contribution in [0.5, 0.6) is 0 Å². The standard InChI is InChI=1S/C29H36ClN7O3/c1-20-17-21(11-13-32-20)28(39)37(31)29-33-25-9-5-8-24(30)27(25)36(29)22-7-3-4-15-35(18-22)26(38)10-6-14-34-16-12-23(19-34)40-2/h5-6,8-11,13,17,22-23H,3-4,7,12,14-16,18-19,31H2,1-2H3/b10-6+/t22-,23-/m1/s1. The third kappa shape index (κ3) is 6.05. The van der Waals surface area contributed by atoms with Crippen molar-refractivity contribution in [3.8, 4) is 0 Å². The molecule has 2 aliphatic heterocycles. The summed E-state index contributed by atoms with van der Waals surface area (Å²) in [5, 5.41) is 1.59. The van der Waals surface area contributed by atoms with Gasteiger partial charge in [-0.25, -0.2) is 15.8 Å². The van der Waals surface area contributed by atoms with Crippen LogP contribution in [-0.2, 0) is 9.53 Å². The summed E-state index contributed by atoms with van der Waals surface area (Å²) >= 11 is 6.69. The molecule has 0 aliphatic carbocycles. The number of imidazole rings is 1. The molecule has 1 aromatic carbocycles. The number of likely N-dealkylation sites (tertiary alicyclic amines) is 2. The van der Waals surface area contributed by atoms with Crippen LogP contribution >= 0.6 is 11.6 Å². The monoisotopic (exact) mass is 565 g/mol. The second kappa shape index (κ2) is 12.5. The van der Waals surface area contributed by atoms with Gasteiger partial charge in [0.1, 0.15) is 0 Å². The van der Waals surface area contributed by atoms with E-state index in [2.05, 4.69) is 9.88 Å². The summed E-state index contributed by atoms with van der Waals surface area (Å²) < 4.78 is 7.38. The van der Waals surface area contributed by atoms with Crippen LogP contribution in [-0.4, -0.2) is 82.1 Å². The first-order valence-electron chi connectivity index (χ1n) is 13.7. The van der Waals surface area contributed by atoms with Gasteiger partial charge < -0.3 is 14.2 Å². The molecule has 2 fully saturated rings. The van der Waals surface area contributed by atoms with E-state index in [9.17, 15) is 9.59 Å². The molecule has 40 heavy (non-hydrogen) atoms. The Balaban J connectivity index is 1.41. The van der Waals surface area contributed by atoms with Crippen molar-refractivity contribution >= 4 is 40.4 Å². The average Bonchev–Trinajstić information content (AvgIpc) is 3.50. The average molecular weight is 566 g/mol. The van der Waals surface area contributed by atoms with Gasteiger partial charge >= 0.3 is 0 Å². The first-order chi connectivity index (χ1) is 19.4. The summed E-state index contributed by atoms with van der Waals surface area (Å²) in [7, 11) is 1.74. The first kappa shape index (κ1) is 28.2. The van der Waals surface area contributed by atoms with Crippen molar-refractivity contribution in [1.82, 2.24) is 24.3 Å². The Bertz CT molecular complexity index is 1410. The molecule has 0 spiro atoms. The predicted octanol–water partition coefficient (Wildman–Crippen LogP) is 3.74. The van der Waals surface area contributed by atoms with Gasteiger partial charge in [0.05, 0.1) is 28.2 Å². The molecule has 212 valence electrons. The number of hydrogen-bond donors (Lipinski definition) is 1. The van der Waals surface area contributed by atoms with Gasteiger partial charge in [-0.05, 0) is 56.9 Å². The number of ether oxygens (including phenoxy) is 1. The number of methoxy groups -OCH3 is 1. The summed E-state index contributed by atoms with van der Waals surface area (Å²) in [4.78, 5) is 39.8. The molecule has 2 amide bonds. The number of aryl methyl sites for hydroxylation is 1. The highest BCUT2D eigenvalue weighted by Crippen LogP contribution is 2.35. The molecule has 5 rings (SSSR count). The van der Waals surface area contributed by atoms with Gasteiger partial charge in [-0.15, -0.1) is 0 Å². The van der Waals surface area contributed by atoms with Gasteiger partial charge in [0, 0.05) is 63.4 Å². The minimum atomic E-state index is -0.403. The molecule has 0 radical (unpaired) electrons. The van der Waals surface area contributed by atoms with Crippen molar-refractivity contribution < 1.29 is 14.3 Å². The van der Waals surface area contributed by atoms with E-state index in [1.165, 1.54) is 0 Å². The van der Waals surface area contributed by atoms with Crippen LogP contribution in [0.2, 0.25) is 5.02 Å². The number of hydrogen-bond acceptors (Lipinski definition) is 7. The van der Waals surface area contributed by atoms with Crippen LogP contribution in [0, 0.1) is 6.92 Å². The van der Waals surface area contributed by atoms with E-state index in [1.807, 2.05) is 34.6 Å². The van der Waals surface area contributed by atoms with Crippen LogP contribution in [0.15, 0.2) is 48.7 Å². The number of rotatable bonds is 7. The van der Waals surface area contributed by atoms with E-state index in [0.29, 0.717) is 52.9 Å². The molecule has 4 heterocycles. The lowest BCUT2D eigenvalue weighted by molar-refractivity contribution is -0.126. The molecule has 2 atom stereocenters. The SMILES string of the molecule is CO[C@@H]1CCN(C/C=C/C(=O)N2CCCC[C@@H](n3c(N(N)C(=O)c4ccnc(C)c4)nc4cccc(Cl)c43)C2)C1. The number of carbonyl (C=O) groups is 2. The number of hydrazine groups is 1. The van der Waals surface area contributed by atoms with Crippen LogP contribution in [0.3, 0.4) is 0 Å². The van der Waals surface area contributed by atoms with Crippen molar-refractivity contribution in [2.24, 2.45) is 5.84 Å². The summed E-state index contributed by atoms with van der Waals surface area (Å²) in [5.74, 6) is 6.31. The number of benzene rings is 1. The maximum atomic E-state index is 13.4. The van der Waals surface area contributed by atoms with Gasteiger partial charge in [-0.1, -0.05) is 23.7 Å². The largest absolute Gasteiger partial charge is 0.380 e. The molecule has 2 aromatic heterocycles. The van der Waals surface area contributed by atoms with Crippen molar-refractivity contribution in [1.29, 1.82) is 0 Å². The number of nitrogens with two attached hydrogens (primary N) is 1. The van der Waals surface area contributed by atoms with Gasteiger partial charge in [0.2, 0.25) is 11.9 Å². The number of pyridine rings is 1. The molecule has 0 bridgehead atoms. The first-order valence-corrected chi connectivity index (χ1v) is 14.1. The summed E-state index contributed by atoms with van der Waals surface area (Å²) in [6, 6.07) is 8.63. The van der Waals surface area contributed by atoms with Crippen LogP contribution in [0.25, 0.3) is 11.0 Å². The third-order valence-corrected chi connectivity index (χ3v) is 8.04. The number of amides is 2. The highest BCUT2D eigenvalue weighted by Gasteiger charge is 2.30. The van der Waals surface area contributed by atoms with Crippen LogP contribution < -0.4 is 10.9 Å². The molecular weight excluding hydrogens is 530 g/mol. The topological polar surface area (TPSA) is 110 Å². The van der Waals surface area contributed by atoms with Gasteiger partial charge in [-0.3, -0.25) is 19.5 Å². The van der Waals surface area contributed by atoms with Crippen LogP contribution in [0.4, 0.5) is 5.95 Å². The highest BCUT2D eigenvalue weighted by atomic mass is 35.5. The van der Waals surface area contributed by atoms with E-state index in [4.69, 9.17) is 27.2 Å². The molecule has 0 saturated carbocycles. The maximum Gasteiger partial charge on any atom is 0.275 e. The molecule has 3 aromatic rings. The van der Waals surface area contributed by atoms with Crippen molar-refractivity contribution in [3.05, 3.63) is 65.0 Å². The quantitative estimate of drug-likeness (QED) is 0.201. The zero-order valence-electron chi connectivity index (χ0n) is 23.0. The highest BCUT2D eigenvalue weighted by molar-refractivity contribution is 6.35. The van der Waals surface area contributed by atoms with E-state index in [-0.39, 0.29) is 18.1 Å². The Morgan fingerprint density at radius 2 is 2.05 bits per heavy atom. The fourth-order valence-electron chi connectivity index (χ4n) is 5.61. The smallest absolute Gasteiger partial charge is 0.275 e.